The zero-order valence-electron chi connectivity index (χ0n) is 12.5. The highest BCUT2D eigenvalue weighted by atomic mass is 32.1. The summed E-state index contributed by atoms with van der Waals surface area (Å²) in [6.07, 6.45) is 3.55. The molecule has 0 N–H and O–H groups in total. The van der Waals surface area contributed by atoms with E-state index >= 15 is 0 Å². The SMILES string of the molecule is O=C1C2C3CCC(C4CC43)C2C(=O)N1c1ccc2ncsc2c1. The summed E-state index contributed by atoms with van der Waals surface area (Å²) in [7, 11) is 0. The number of thiazole rings is 1. The van der Waals surface area contributed by atoms with Gasteiger partial charge < -0.3 is 0 Å². The van der Waals surface area contributed by atoms with Gasteiger partial charge in [0.05, 0.1) is 33.3 Å². The highest BCUT2D eigenvalue weighted by Crippen LogP contribution is 2.68. The van der Waals surface area contributed by atoms with Crippen molar-refractivity contribution in [2.75, 3.05) is 4.90 Å². The van der Waals surface area contributed by atoms with E-state index in [1.165, 1.54) is 11.3 Å². The molecule has 6 unspecified atom stereocenters. The summed E-state index contributed by atoms with van der Waals surface area (Å²) in [5.74, 6) is 2.43. The van der Waals surface area contributed by atoms with Gasteiger partial charge in [-0.25, -0.2) is 9.88 Å². The highest BCUT2D eigenvalue weighted by Gasteiger charge is 2.68. The average molecular weight is 324 g/mol. The predicted octanol–water partition coefficient (Wildman–Crippen LogP) is 3.08. The first-order valence-electron chi connectivity index (χ1n) is 8.45. The number of carbonyl (C=O) groups is 2. The first kappa shape index (κ1) is 12.6. The lowest BCUT2D eigenvalue weighted by atomic mass is 9.59. The first-order valence-corrected chi connectivity index (χ1v) is 9.33. The smallest absolute Gasteiger partial charge is 0.237 e. The first-order chi connectivity index (χ1) is 11.2. The van der Waals surface area contributed by atoms with Crippen LogP contribution in [0.1, 0.15) is 19.3 Å². The van der Waals surface area contributed by atoms with E-state index in [-0.39, 0.29) is 23.7 Å². The van der Waals surface area contributed by atoms with Gasteiger partial charge in [0.15, 0.2) is 0 Å². The van der Waals surface area contributed by atoms with Crippen LogP contribution in [0.25, 0.3) is 10.2 Å². The molecule has 0 radical (unpaired) electrons. The Bertz CT molecular complexity index is 841. The predicted molar refractivity (Wildman–Crippen MR) is 86.9 cm³/mol. The van der Waals surface area contributed by atoms with Gasteiger partial charge in [-0.05, 0) is 61.1 Å². The summed E-state index contributed by atoms with van der Waals surface area (Å²) in [6, 6.07) is 5.73. The fraction of sp³-hybridized carbons (Fsp3) is 0.500. The van der Waals surface area contributed by atoms with Crippen molar-refractivity contribution >= 4 is 39.1 Å². The Kier molecular flexibility index (Phi) is 2.21. The number of amides is 2. The number of carbonyl (C=O) groups excluding carboxylic acids is 2. The van der Waals surface area contributed by atoms with Crippen LogP contribution in [-0.2, 0) is 9.59 Å². The molecular weight excluding hydrogens is 308 g/mol. The highest BCUT2D eigenvalue weighted by molar-refractivity contribution is 7.16. The molecule has 1 aliphatic heterocycles. The molecule has 5 fully saturated rings. The lowest BCUT2D eigenvalue weighted by molar-refractivity contribution is -0.129. The Morgan fingerprint density at radius 2 is 1.70 bits per heavy atom. The van der Waals surface area contributed by atoms with Crippen molar-refractivity contribution in [3.8, 4) is 0 Å². The van der Waals surface area contributed by atoms with Crippen LogP contribution in [0, 0.1) is 35.5 Å². The minimum Gasteiger partial charge on any atom is -0.274 e. The summed E-state index contributed by atoms with van der Waals surface area (Å²) in [4.78, 5) is 31.9. The molecule has 116 valence electrons. The van der Waals surface area contributed by atoms with E-state index in [1.807, 2.05) is 18.2 Å². The van der Waals surface area contributed by atoms with E-state index in [9.17, 15) is 9.59 Å². The van der Waals surface area contributed by atoms with Crippen LogP contribution in [0.4, 0.5) is 5.69 Å². The van der Waals surface area contributed by atoms with Crippen molar-refractivity contribution in [2.45, 2.75) is 19.3 Å². The molecule has 4 nitrogen and oxygen atoms in total. The molecule has 0 spiro atoms. The fourth-order valence-electron chi connectivity index (χ4n) is 5.78. The Labute approximate surface area is 137 Å². The number of benzene rings is 1. The Morgan fingerprint density at radius 1 is 1.00 bits per heavy atom. The largest absolute Gasteiger partial charge is 0.274 e. The van der Waals surface area contributed by atoms with E-state index in [2.05, 4.69) is 4.98 Å². The maximum Gasteiger partial charge on any atom is 0.237 e. The second kappa shape index (κ2) is 4.01. The topological polar surface area (TPSA) is 50.3 Å². The Morgan fingerprint density at radius 3 is 2.39 bits per heavy atom. The molecule has 5 heteroatoms. The average Bonchev–Trinajstić information content (AvgIpc) is 3.20. The van der Waals surface area contributed by atoms with E-state index in [1.54, 1.807) is 16.8 Å². The van der Waals surface area contributed by atoms with Crippen molar-refractivity contribution in [3.63, 3.8) is 0 Å². The quantitative estimate of drug-likeness (QED) is 0.758. The van der Waals surface area contributed by atoms with Gasteiger partial charge in [-0.15, -0.1) is 11.3 Å². The van der Waals surface area contributed by atoms with Crippen LogP contribution < -0.4 is 4.90 Å². The van der Waals surface area contributed by atoms with Crippen LogP contribution in [-0.4, -0.2) is 16.8 Å². The third-order valence-electron chi connectivity index (χ3n) is 6.72. The summed E-state index contributed by atoms with van der Waals surface area (Å²) >= 11 is 1.55. The molecule has 2 bridgehead atoms. The molecule has 4 saturated carbocycles. The normalized spacial score (nSPS) is 40.6. The molecular formula is C18H16N2O2S. The number of hydrogen-bond donors (Lipinski definition) is 0. The summed E-state index contributed by atoms with van der Waals surface area (Å²) in [6.45, 7) is 0. The fourth-order valence-corrected chi connectivity index (χ4v) is 6.49. The van der Waals surface area contributed by atoms with Crippen LogP contribution in [0.5, 0.6) is 0 Å². The molecule has 4 aliphatic carbocycles. The molecule has 7 rings (SSSR count). The molecule has 1 saturated heterocycles. The van der Waals surface area contributed by atoms with Gasteiger partial charge in [0.25, 0.3) is 0 Å². The standard InChI is InChI=1S/C18H16N2O2S/c21-17-15-9-2-3-10(12-6-11(9)12)16(15)18(22)20(17)8-1-4-13-14(5-8)23-7-19-13/h1,4-5,7,9-12,15-16H,2-3,6H2. The molecule has 2 aromatic rings. The molecule has 2 heterocycles. The minimum atomic E-state index is -0.0397. The third kappa shape index (κ3) is 1.45. The van der Waals surface area contributed by atoms with Crippen molar-refractivity contribution < 1.29 is 9.59 Å². The van der Waals surface area contributed by atoms with Crippen molar-refractivity contribution in [1.82, 2.24) is 4.98 Å². The van der Waals surface area contributed by atoms with Crippen LogP contribution in [0.3, 0.4) is 0 Å². The third-order valence-corrected chi connectivity index (χ3v) is 7.51. The molecule has 23 heavy (non-hydrogen) atoms. The van der Waals surface area contributed by atoms with Crippen molar-refractivity contribution in [3.05, 3.63) is 23.7 Å². The number of hydrogen-bond acceptors (Lipinski definition) is 4. The molecule has 1 aromatic carbocycles. The molecule has 2 amide bonds. The number of imide groups is 1. The number of aromatic nitrogens is 1. The second-order valence-electron chi connectivity index (χ2n) is 7.54. The Balaban J connectivity index is 1.46. The van der Waals surface area contributed by atoms with Crippen LogP contribution in [0.2, 0.25) is 0 Å². The minimum absolute atomic E-state index is 0.0397. The number of rotatable bonds is 1. The van der Waals surface area contributed by atoms with Gasteiger partial charge in [0, 0.05) is 0 Å². The van der Waals surface area contributed by atoms with Crippen LogP contribution >= 0.6 is 11.3 Å². The van der Waals surface area contributed by atoms with Gasteiger partial charge in [-0.1, -0.05) is 0 Å². The van der Waals surface area contributed by atoms with E-state index in [0.29, 0.717) is 11.8 Å². The number of nitrogens with zero attached hydrogens (tertiary/aromatic N) is 2. The van der Waals surface area contributed by atoms with Gasteiger partial charge in [0.2, 0.25) is 11.8 Å². The second-order valence-corrected chi connectivity index (χ2v) is 8.42. The van der Waals surface area contributed by atoms with Crippen LogP contribution in [0.15, 0.2) is 23.7 Å². The lowest BCUT2D eigenvalue weighted by Gasteiger charge is -2.42. The van der Waals surface area contributed by atoms with Gasteiger partial charge in [0.1, 0.15) is 0 Å². The Hall–Kier alpha value is -1.75. The van der Waals surface area contributed by atoms with E-state index < -0.39 is 0 Å². The number of anilines is 1. The lowest BCUT2D eigenvalue weighted by Crippen LogP contribution is -2.43. The zero-order valence-corrected chi connectivity index (χ0v) is 13.3. The summed E-state index contributed by atoms with van der Waals surface area (Å²) in [5, 5.41) is 0. The molecule has 6 atom stereocenters. The van der Waals surface area contributed by atoms with Crippen molar-refractivity contribution in [2.24, 2.45) is 35.5 Å². The van der Waals surface area contributed by atoms with Gasteiger partial charge >= 0.3 is 0 Å². The zero-order chi connectivity index (χ0) is 15.3. The molecule has 1 aromatic heterocycles. The van der Waals surface area contributed by atoms with Gasteiger partial charge in [-0.2, -0.15) is 0 Å². The van der Waals surface area contributed by atoms with E-state index in [4.69, 9.17) is 0 Å². The maximum absolute atomic E-state index is 13.1. The number of fused-ring (bicyclic) bond motifs is 2. The summed E-state index contributed by atoms with van der Waals surface area (Å²) in [5.41, 5.74) is 3.46. The van der Waals surface area contributed by atoms with Crippen molar-refractivity contribution in [1.29, 1.82) is 0 Å². The monoisotopic (exact) mass is 324 g/mol. The maximum atomic E-state index is 13.1. The van der Waals surface area contributed by atoms with E-state index in [0.717, 1.165) is 40.6 Å². The van der Waals surface area contributed by atoms with Gasteiger partial charge in [-0.3, -0.25) is 9.59 Å². The summed E-state index contributed by atoms with van der Waals surface area (Å²) < 4.78 is 1.03. The molecule has 5 aliphatic rings.